The van der Waals surface area contributed by atoms with Gasteiger partial charge < -0.3 is 0 Å². The number of halogens is 1. The van der Waals surface area contributed by atoms with Crippen molar-refractivity contribution in [3.8, 4) is 0 Å². The van der Waals surface area contributed by atoms with Gasteiger partial charge in [-0.05, 0) is 28.9 Å². The molecule has 16 heavy (non-hydrogen) atoms. The minimum absolute atomic E-state index is 0.254. The molecule has 0 aliphatic carbocycles. The zero-order valence-electron chi connectivity index (χ0n) is 11.0. The van der Waals surface area contributed by atoms with Crippen LogP contribution in [0.1, 0.15) is 58.1 Å². The molecule has 1 rings (SSSR count). The highest BCUT2D eigenvalue weighted by atomic mass is 79.9. The first-order valence-electron chi connectivity index (χ1n) is 6.05. The molecule has 0 aliphatic rings. The summed E-state index contributed by atoms with van der Waals surface area (Å²) in [5, 5.41) is 0. The van der Waals surface area contributed by atoms with Crippen LogP contribution in [0.2, 0.25) is 0 Å². The van der Waals surface area contributed by atoms with E-state index in [1.165, 1.54) is 17.5 Å². The van der Waals surface area contributed by atoms with Crippen molar-refractivity contribution in [1.29, 1.82) is 0 Å². The third-order valence-corrected chi connectivity index (χ3v) is 3.40. The number of benzene rings is 1. The monoisotopic (exact) mass is 282 g/mol. The fourth-order valence-corrected chi connectivity index (χ4v) is 2.50. The molecule has 0 nitrogen and oxygen atoms in total. The van der Waals surface area contributed by atoms with Crippen LogP contribution in [0.25, 0.3) is 0 Å². The van der Waals surface area contributed by atoms with Gasteiger partial charge in [-0.2, -0.15) is 0 Å². The van der Waals surface area contributed by atoms with Gasteiger partial charge in [0, 0.05) is 4.83 Å². The molecule has 0 aromatic heterocycles. The summed E-state index contributed by atoms with van der Waals surface area (Å²) < 4.78 is 0. The van der Waals surface area contributed by atoms with Crippen molar-refractivity contribution < 1.29 is 0 Å². The summed E-state index contributed by atoms with van der Waals surface area (Å²) in [6, 6.07) is 9.09. The van der Waals surface area contributed by atoms with E-state index in [-0.39, 0.29) is 5.41 Å². The smallest absolute Gasteiger partial charge is 0.0123 e. The van der Waals surface area contributed by atoms with Gasteiger partial charge in [0.25, 0.3) is 0 Å². The van der Waals surface area contributed by atoms with Crippen LogP contribution in [0.4, 0.5) is 0 Å². The van der Waals surface area contributed by atoms with Crippen LogP contribution in [0.5, 0.6) is 0 Å². The molecule has 0 aliphatic heterocycles. The lowest BCUT2D eigenvalue weighted by atomic mass is 9.85. The van der Waals surface area contributed by atoms with Crippen LogP contribution in [-0.2, 0) is 5.41 Å². The van der Waals surface area contributed by atoms with E-state index in [4.69, 9.17) is 0 Å². The summed E-state index contributed by atoms with van der Waals surface area (Å²) >= 11 is 3.62. The van der Waals surface area contributed by atoms with E-state index in [9.17, 15) is 0 Å². The van der Waals surface area contributed by atoms with Crippen molar-refractivity contribution in [3.63, 3.8) is 0 Å². The zero-order chi connectivity index (χ0) is 12.3. The van der Waals surface area contributed by atoms with Crippen LogP contribution in [0.3, 0.4) is 0 Å². The lowest BCUT2D eigenvalue weighted by Crippen LogP contribution is -2.11. The second-order valence-corrected chi connectivity index (χ2v) is 7.35. The first-order chi connectivity index (χ1) is 7.30. The zero-order valence-corrected chi connectivity index (χ0v) is 12.6. The van der Waals surface area contributed by atoms with Crippen LogP contribution in [0, 0.1) is 0 Å². The molecule has 0 spiro atoms. The standard InChI is InChI=1S/C15H23Br/c1-11(10-12(2)16)13-6-8-14(9-7-13)15(3,4)5/h6-9,11-12H,10H2,1-5H3. The average molecular weight is 283 g/mol. The molecular formula is C15H23Br. The van der Waals surface area contributed by atoms with Crippen molar-refractivity contribution in [3.05, 3.63) is 35.4 Å². The highest BCUT2D eigenvalue weighted by Crippen LogP contribution is 2.27. The number of hydrogen-bond donors (Lipinski definition) is 0. The van der Waals surface area contributed by atoms with E-state index in [1.54, 1.807) is 0 Å². The van der Waals surface area contributed by atoms with Crippen molar-refractivity contribution in [2.75, 3.05) is 0 Å². The van der Waals surface area contributed by atoms with Gasteiger partial charge >= 0.3 is 0 Å². The molecule has 0 radical (unpaired) electrons. The first kappa shape index (κ1) is 13.8. The normalized spacial score (nSPS) is 15.9. The molecule has 90 valence electrons. The van der Waals surface area contributed by atoms with Crippen molar-refractivity contribution in [2.24, 2.45) is 0 Å². The lowest BCUT2D eigenvalue weighted by Gasteiger charge is -2.20. The molecular weight excluding hydrogens is 260 g/mol. The summed E-state index contributed by atoms with van der Waals surface area (Å²) in [6.07, 6.45) is 1.19. The fourth-order valence-electron chi connectivity index (χ4n) is 1.93. The molecule has 0 amide bonds. The summed E-state index contributed by atoms with van der Waals surface area (Å²) in [5.41, 5.74) is 3.11. The Bertz CT molecular complexity index is 316. The Labute approximate surface area is 109 Å². The summed E-state index contributed by atoms with van der Waals surface area (Å²) in [7, 11) is 0. The molecule has 0 bridgehead atoms. The largest absolute Gasteiger partial charge is 0.0893 e. The predicted octanol–water partition coefficient (Wildman–Crippen LogP) is 5.26. The van der Waals surface area contributed by atoms with Crippen LogP contribution in [0.15, 0.2) is 24.3 Å². The van der Waals surface area contributed by atoms with Gasteiger partial charge in [-0.3, -0.25) is 0 Å². The molecule has 1 aromatic carbocycles. The maximum absolute atomic E-state index is 3.62. The Kier molecular flexibility index (Phi) is 4.61. The average Bonchev–Trinajstić information content (AvgIpc) is 2.15. The quantitative estimate of drug-likeness (QED) is 0.664. The van der Waals surface area contributed by atoms with Gasteiger partial charge in [0.05, 0.1) is 0 Å². The van der Waals surface area contributed by atoms with E-state index in [2.05, 4.69) is 74.8 Å². The van der Waals surface area contributed by atoms with Gasteiger partial charge in [0.1, 0.15) is 0 Å². The lowest BCUT2D eigenvalue weighted by molar-refractivity contribution is 0.589. The number of alkyl halides is 1. The van der Waals surface area contributed by atoms with Crippen molar-refractivity contribution in [2.45, 2.75) is 57.2 Å². The summed E-state index contributed by atoms with van der Waals surface area (Å²) in [5.74, 6) is 0.628. The summed E-state index contributed by atoms with van der Waals surface area (Å²) in [6.45, 7) is 11.3. The number of rotatable bonds is 3. The van der Waals surface area contributed by atoms with Crippen molar-refractivity contribution in [1.82, 2.24) is 0 Å². The molecule has 0 fully saturated rings. The molecule has 0 N–H and O–H groups in total. The van der Waals surface area contributed by atoms with E-state index >= 15 is 0 Å². The Morgan fingerprint density at radius 1 is 1.06 bits per heavy atom. The van der Waals surface area contributed by atoms with Gasteiger partial charge in [-0.1, -0.05) is 74.8 Å². The minimum Gasteiger partial charge on any atom is -0.0893 e. The van der Waals surface area contributed by atoms with Crippen LogP contribution < -0.4 is 0 Å². The molecule has 2 atom stereocenters. The second kappa shape index (κ2) is 5.35. The topological polar surface area (TPSA) is 0 Å². The first-order valence-corrected chi connectivity index (χ1v) is 6.97. The molecule has 0 heterocycles. The van der Waals surface area contributed by atoms with Gasteiger partial charge in [-0.15, -0.1) is 0 Å². The Balaban J connectivity index is 2.79. The third-order valence-electron chi connectivity index (χ3n) is 3.02. The van der Waals surface area contributed by atoms with Gasteiger partial charge in [0.15, 0.2) is 0 Å². The highest BCUT2D eigenvalue weighted by molar-refractivity contribution is 9.09. The molecule has 0 saturated carbocycles. The summed E-state index contributed by atoms with van der Waals surface area (Å²) in [4.78, 5) is 0.588. The van der Waals surface area contributed by atoms with Crippen molar-refractivity contribution >= 4 is 15.9 Å². The van der Waals surface area contributed by atoms with Crippen LogP contribution >= 0.6 is 15.9 Å². The molecule has 1 heteroatoms. The maximum atomic E-state index is 3.62. The van der Waals surface area contributed by atoms with Gasteiger partial charge in [-0.25, -0.2) is 0 Å². The molecule has 1 aromatic rings. The van der Waals surface area contributed by atoms with E-state index < -0.39 is 0 Å². The Morgan fingerprint density at radius 3 is 1.94 bits per heavy atom. The van der Waals surface area contributed by atoms with E-state index in [1.807, 2.05) is 0 Å². The predicted molar refractivity (Wildman–Crippen MR) is 76.6 cm³/mol. The van der Waals surface area contributed by atoms with E-state index in [0.29, 0.717) is 10.7 Å². The SMILES string of the molecule is CC(Br)CC(C)c1ccc(C(C)(C)C)cc1. The highest BCUT2D eigenvalue weighted by Gasteiger charge is 2.14. The minimum atomic E-state index is 0.254. The third kappa shape index (κ3) is 3.93. The fraction of sp³-hybridized carbons (Fsp3) is 0.600. The maximum Gasteiger partial charge on any atom is 0.0123 e. The second-order valence-electron chi connectivity index (χ2n) is 5.79. The Hall–Kier alpha value is -0.300. The molecule has 0 saturated heterocycles. The molecule has 2 unspecified atom stereocenters. The number of hydrogen-bond acceptors (Lipinski definition) is 0. The van der Waals surface area contributed by atoms with E-state index in [0.717, 1.165) is 0 Å². The van der Waals surface area contributed by atoms with Gasteiger partial charge in [0.2, 0.25) is 0 Å². The van der Waals surface area contributed by atoms with Crippen LogP contribution in [-0.4, -0.2) is 4.83 Å². The Morgan fingerprint density at radius 2 is 1.56 bits per heavy atom.